The molecule has 0 aromatic carbocycles. The lowest BCUT2D eigenvalue weighted by molar-refractivity contribution is 0.315. The number of unbranched alkanes of at least 4 members (excludes halogenated alkanes) is 2. The SMILES string of the molecule is CCCCSCCCCOS(C)(=O)=O. The van der Waals surface area contributed by atoms with Crippen LogP contribution in [0.1, 0.15) is 32.6 Å². The highest BCUT2D eigenvalue weighted by molar-refractivity contribution is 7.99. The first kappa shape index (κ1) is 14.3. The van der Waals surface area contributed by atoms with Crippen molar-refractivity contribution in [2.45, 2.75) is 32.6 Å². The Morgan fingerprint density at radius 1 is 1.14 bits per heavy atom. The summed E-state index contributed by atoms with van der Waals surface area (Å²) in [6.45, 7) is 2.51. The maximum absolute atomic E-state index is 10.6. The van der Waals surface area contributed by atoms with E-state index in [0.29, 0.717) is 6.61 Å². The molecule has 0 saturated carbocycles. The van der Waals surface area contributed by atoms with Crippen molar-refractivity contribution in [1.29, 1.82) is 0 Å². The second-order valence-corrected chi connectivity index (χ2v) is 6.07. The zero-order chi connectivity index (χ0) is 10.9. The fraction of sp³-hybridized carbons (Fsp3) is 1.00. The molecule has 86 valence electrons. The molecule has 0 saturated heterocycles. The zero-order valence-corrected chi connectivity index (χ0v) is 10.6. The molecule has 0 aromatic heterocycles. The van der Waals surface area contributed by atoms with Gasteiger partial charge in [-0.15, -0.1) is 0 Å². The third-order valence-corrected chi connectivity index (χ3v) is 3.37. The molecule has 0 aliphatic carbocycles. The fourth-order valence-electron chi connectivity index (χ4n) is 0.865. The van der Waals surface area contributed by atoms with Crippen molar-refractivity contribution in [3.8, 4) is 0 Å². The van der Waals surface area contributed by atoms with E-state index in [0.717, 1.165) is 24.9 Å². The van der Waals surface area contributed by atoms with Gasteiger partial charge in [-0.25, -0.2) is 0 Å². The van der Waals surface area contributed by atoms with Crippen LogP contribution in [0, 0.1) is 0 Å². The highest BCUT2D eigenvalue weighted by atomic mass is 32.2. The Bertz CT molecular complexity index is 212. The van der Waals surface area contributed by atoms with E-state index in [1.807, 2.05) is 11.8 Å². The largest absolute Gasteiger partial charge is 0.270 e. The first-order chi connectivity index (χ1) is 6.56. The Balaban J connectivity index is 3.07. The summed E-state index contributed by atoms with van der Waals surface area (Å²) in [5.41, 5.74) is 0. The molecular formula is C9H20O3S2. The van der Waals surface area contributed by atoms with Crippen molar-refractivity contribution in [3.05, 3.63) is 0 Å². The van der Waals surface area contributed by atoms with Crippen molar-refractivity contribution in [2.24, 2.45) is 0 Å². The summed E-state index contributed by atoms with van der Waals surface area (Å²) in [5.74, 6) is 2.32. The minimum atomic E-state index is -3.23. The first-order valence-electron chi connectivity index (χ1n) is 4.98. The van der Waals surface area contributed by atoms with E-state index in [1.54, 1.807) is 0 Å². The van der Waals surface area contributed by atoms with Crippen molar-refractivity contribution < 1.29 is 12.6 Å². The molecular weight excluding hydrogens is 220 g/mol. The molecule has 0 unspecified atom stereocenters. The van der Waals surface area contributed by atoms with Crippen LogP contribution in [0.5, 0.6) is 0 Å². The highest BCUT2D eigenvalue weighted by Crippen LogP contribution is 2.07. The highest BCUT2D eigenvalue weighted by Gasteiger charge is 1.99. The van der Waals surface area contributed by atoms with Crippen LogP contribution >= 0.6 is 11.8 Å². The second-order valence-electron chi connectivity index (χ2n) is 3.20. The van der Waals surface area contributed by atoms with Gasteiger partial charge in [-0.2, -0.15) is 20.2 Å². The third-order valence-electron chi connectivity index (χ3n) is 1.62. The van der Waals surface area contributed by atoms with E-state index in [9.17, 15) is 8.42 Å². The van der Waals surface area contributed by atoms with Crippen molar-refractivity contribution >= 4 is 21.9 Å². The molecule has 0 spiro atoms. The quantitative estimate of drug-likeness (QED) is 0.458. The van der Waals surface area contributed by atoms with Gasteiger partial charge in [-0.05, 0) is 30.8 Å². The summed E-state index contributed by atoms with van der Waals surface area (Å²) in [6, 6.07) is 0. The van der Waals surface area contributed by atoms with Crippen molar-refractivity contribution in [1.82, 2.24) is 0 Å². The number of rotatable bonds is 9. The van der Waals surface area contributed by atoms with Crippen LogP contribution in [0.3, 0.4) is 0 Å². The van der Waals surface area contributed by atoms with E-state index in [-0.39, 0.29) is 0 Å². The van der Waals surface area contributed by atoms with E-state index >= 15 is 0 Å². The molecule has 0 amide bonds. The monoisotopic (exact) mass is 240 g/mol. The van der Waals surface area contributed by atoms with Crippen LogP contribution in [0.2, 0.25) is 0 Å². The van der Waals surface area contributed by atoms with E-state index in [4.69, 9.17) is 0 Å². The summed E-state index contributed by atoms with van der Waals surface area (Å²) < 4.78 is 25.8. The lowest BCUT2D eigenvalue weighted by Gasteiger charge is -2.01. The summed E-state index contributed by atoms with van der Waals surface area (Å²) in [7, 11) is -3.23. The van der Waals surface area contributed by atoms with Gasteiger partial charge in [0.25, 0.3) is 10.1 Å². The van der Waals surface area contributed by atoms with Gasteiger partial charge >= 0.3 is 0 Å². The van der Waals surface area contributed by atoms with Gasteiger partial charge < -0.3 is 0 Å². The molecule has 14 heavy (non-hydrogen) atoms. The van der Waals surface area contributed by atoms with Crippen molar-refractivity contribution in [2.75, 3.05) is 24.4 Å². The summed E-state index contributed by atoms with van der Waals surface area (Å²) in [6.07, 6.45) is 5.45. The molecule has 0 aromatic rings. The average Bonchev–Trinajstić information content (AvgIpc) is 2.08. The van der Waals surface area contributed by atoms with Gasteiger partial charge in [0.2, 0.25) is 0 Å². The standard InChI is InChI=1S/C9H20O3S2/c1-3-4-8-13-9-6-5-7-12-14(2,10)11/h3-9H2,1-2H3. The maximum Gasteiger partial charge on any atom is 0.264 e. The molecule has 0 heterocycles. The van der Waals surface area contributed by atoms with Crippen LogP contribution in [-0.4, -0.2) is 32.8 Å². The van der Waals surface area contributed by atoms with Crippen LogP contribution in [0.25, 0.3) is 0 Å². The average molecular weight is 240 g/mol. The summed E-state index contributed by atoms with van der Waals surface area (Å²) in [5, 5.41) is 0. The second kappa shape index (κ2) is 8.56. The Morgan fingerprint density at radius 3 is 2.36 bits per heavy atom. The molecule has 0 aliphatic heterocycles. The van der Waals surface area contributed by atoms with Gasteiger partial charge in [0.15, 0.2) is 0 Å². The molecule has 3 nitrogen and oxygen atoms in total. The van der Waals surface area contributed by atoms with Gasteiger partial charge in [0, 0.05) is 0 Å². The Labute approximate surface area is 91.7 Å². The Morgan fingerprint density at radius 2 is 1.79 bits per heavy atom. The maximum atomic E-state index is 10.6. The van der Waals surface area contributed by atoms with Gasteiger partial charge in [0.05, 0.1) is 12.9 Å². The van der Waals surface area contributed by atoms with Crippen LogP contribution < -0.4 is 0 Å². The van der Waals surface area contributed by atoms with E-state index < -0.39 is 10.1 Å². The minimum absolute atomic E-state index is 0.327. The van der Waals surface area contributed by atoms with Gasteiger partial charge in [-0.1, -0.05) is 13.3 Å². The predicted molar refractivity (Wildman–Crippen MR) is 62.3 cm³/mol. The molecule has 0 fully saturated rings. The van der Waals surface area contributed by atoms with Crippen molar-refractivity contribution in [3.63, 3.8) is 0 Å². The lowest BCUT2D eigenvalue weighted by atomic mass is 10.4. The molecule has 0 aliphatic rings. The Kier molecular flexibility index (Phi) is 8.72. The molecule has 0 bridgehead atoms. The van der Waals surface area contributed by atoms with Gasteiger partial charge in [0.1, 0.15) is 0 Å². The first-order valence-corrected chi connectivity index (χ1v) is 7.95. The minimum Gasteiger partial charge on any atom is -0.270 e. The summed E-state index contributed by atoms with van der Waals surface area (Å²) >= 11 is 1.93. The third kappa shape index (κ3) is 12.3. The van der Waals surface area contributed by atoms with Crippen LogP contribution in [-0.2, 0) is 14.3 Å². The predicted octanol–water partition coefficient (Wildman–Crippen LogP) is 2.28. The van der Waals surface area contributed by atoms with Gasteiger partial charge in [-0.3, -0.25) is 4.18 Å². The Hall–Kier alpha value is 0.260. The molecule has 0 atom stereocenters. The molecule has 0 N–H and O–H groups in total. The topological polar surface area (TPSA) is 43.4 Å². The molecule has 5 heteroatoms. The van der Waals surface area contributed by atoms with E-state index in [2.05, 4.69) is 11.1 Å². The summed E-state index contributed by atoms with van der Waals surface area (Å²) in [4.78, 5) is 0. The lowest BCUT2D eigenvalue weighted by Crippen LogP contribution is -2.04. The fourth-order valence-corrected chi connectivity index (χ4v) is 2.39. The molecule has 0 radical (unpaired) electrons. The van der Waals surface area contributed by atoms with E-state index in [1.165, 1.54) is 18.6 Å². The van der Waals surface area contributed by atoms with Crippen LogP contribution in [0.4, 0.5) is 0 Å². The number of hydrogen-bond acceptors (Lipinski definition) is 4. The zero-order valence-electron chi connectivity index (χ0n) is 8.99. The molecule has 0 rings (SSSR count). The number of thioether (sulfide) groups is 1. The normalized spacial score (nSPS) is 11.9. The van der Waals surface area contributed by atoms with Crippen LogP contribution in [0.15, 0.2) is 0 Å². The smallest absolute Gasteiger partial charge is 0.264 e. The number of hydrogen-bond donors (Lipinski definition) is 0.